The molecule has 9 heteroatoms. The number of anilines is 1. The molecular formula is C24H16Cl3FN2O3. The standard InChI is InChI=1S/C24H16Cl3FN2O3/c1-32-22-10-14(9-20(27)23(22)33-13-15-4-2-3-5-21(15)28)8-16(12-29)24(31)30-17-6-7-18(25)19(26)11-17/h2-11H,13H2,1H3,(H,30,31)/b16-8+. The number of benzene rings is 3. The Bertz CT molecular complexity index is 1270. The zero-order chi connectivity index (χ0) is 24.0. The quantitative estimate of drug-likeness (QED) is 0.279. The molecule has 0 atom stereocenters. The van der Waals surface area contributed by atoms with Gasteiger partial charge in [-0.15, -0.1) is 0 Å². The molecule has 0 radical (unpaired) electrons. The van der Waals surface area contributed by atoms with Gasteiger partial charge in [-0.25, -0.2) is 4.39 Å². The van der Waals surface area contributed by atoms with Crippen LogP contribution in [0.4, 0.5) is 10.1 Å². The second-order valence-electron chi connectivity index (χ2n) is 6.67. The highest BCUT2D eigenvalue weighted by atomic mass is 35.5. The molecule has 0 bridgehead atoms. The largest absolute Gasteiger partial charge is 0.493 e. The van der Waals surface area contributed by atoms with Gasteiger partial charge in [-0.1, -0.05) is 53.0 Å². The summed E-state index contributed by atoms with van der Waals surface area (Å²) in [6, 6.07) is 15.7. The van der Waals surface area contributed by atoms with Crippen LogP contribution in [0.5, 0.6) is 11.5 Å². The minimum atomic E-state index is -0.647. The van der Waals surface area contributed by atoms with E-state index in [2.05, 4.69) is 5.32 Å². The molecule has 0 saturated heterocycles. The highest BCUT2D eigenvalue weighted by Gasteiger charge is 2.15. The number of hydrogen-bond acceptors (Lipinski definition) is 4. The van der Waals surface area contributed by atoms with Gasteiger partial charge in [-0.2, -0.15) is 5.26 Å². The second-order valence-corrected chi connectivity index (χ2v) is 7.89. The summed E-state index contributed by atoms with van der Waals surface area (Å²) in [5, 5.41) is 12.8. The van der Waals surface area contributed by atoms with Crippen molar-refractivity contribution in [1.29, 1.82) is 5.26 Å². The topological polar surface area (TPSA) is 71.3 Å². The molecule has 1 amide bonds. The van der Waals surface area contributed by atoms with Crippen molar-refractivity contribution < 1.29 is 18.7 Å². The monoisotopic (exact) mass is 504 g/mol. The third-order valence-electron chi connectivity index (χ3n) is 4.44. The van der Waals surface area contributed by atoms with Crippen molar-refractivity contribution in [2.75, 3.05) is 12.4 Å². The van der Waals surface area contributed by atoms with Crippen LogP contribution in [0.15, 0.2) is 60.2 Å². The van der Waals surface area contributed by atoms with Gasteiger partial charge >= 0.3 is 0 Å². The maximum atomic E-state index is 13.9. The molecule has 0 saturated carbocycles. The predicted molar refractivity (Wildman–Crippen MR) is 127 cm³/mol. The second kappa shape index (κ2) is 11.1. The molecule has 0 aliphatic carbocycles. The number of ether oxygens (including phenoxy) is 2. The molecule has 0 aliphatic rings. The minimum absolute atomic E-state index is 0.0621. The smallest absolute Gasteiger partial charge is 0.266 e. The molecule has 0 heterocycles. The van der Waals surface area contributed by atoms with Crippen LogP contribution in [-0.4, -0.2) is 13.0 Å². The van der Waals surface area contributed by atoms with Gasteiger partial charge in [0, 0.05) is 11.3 Å². The molecule has 0 aromatic heterocycles. The number of nitrogens with zero attached hydrogens (tertiary/aromatic N) is 1. The van der Waals surface area contributed by atoms with E-state index in [0.29, 0.717) is 21.8 Å². The van der Waals surface area contributed by atoms with Crippen molar-refractivity contribution >= 4 is 52.5 Å². The van der Waals surface area contributed by atoms with Gasteiger partial charge in [-0.05, 0) is 48.0 Å². The SMILES string of the molecule is COc1cc(/C=C(\C#N)C(=O)Nc2ccc(Cl)c(Cl)c2)cc(Cl)c1OCc1ccccc1F. The normalized spacial score (nSPS) is 11.0. The Kier molecular flexibility index (Phi) is 8.18. The van der Waals surface area contributed by atoms with Crippen LogP contribution in [0.2, 0.25) is 15.1 Å². The van der Waals surface area contributed by atoms with Crippen molar-refractivity contribution in [2.45, 2.75) is 6.61 Å². The Hall–Kier alpha value is -3.24. The van der Waals surface area contributed by atoms with E-state index in [9.17, 15) is 14.4 Å². The van der Waals surface area contributed by atoms with Gasteiger partial charge in [0.05, 0.1) is 22.2 Å². The summed E-state index contributed by atoms with van der Waals surface area (Å²) >= 11 is 18.2. The van der Waals surface area contributed by atoms with Gasteiger partial charge in [0.25, 0.3) is 5.91 Å². The van der Waals surface area contributed by atoms with Crippen molar-refractivity contribution in [2.24, 2.45) is 0 Å². The zero-order valence-electron chi connectivity index (χ0n) is 17.2. The van der Waals surface area contributed by atoms with Crippen molar-refractivity contribution in [3.63, 3.8) is 0 Å². The van der Waals surface area contributed by atoms with Crippen LogP contribution in [0.3, 0.4) is 0 Å². The Balaban J connectivity index is 1.83. The van der Waals surface area contributed by atoms with Crippen LogP contribution in [0, 0.1) is 17.1 Å². The number of rotatable bonds is 7. The molecule has 1 N–H and O–H groups in total. The summed E-state index contributed by atoms with van der Waals surface area (Å²) in [5.74, 6) is -0.588. The van der Waals surface area contributed by atoms with Crippen molar-refractivity contribution in [3.8, 4) is 17.6 Å². The van der Waals surface area contributed by atoms with Crippen LogP contribution < -0.4 is 14.8 Å². The number of halogens is 4. The number of carbonyl (C=O) groups excluding carboxylic acids is 1. The van der Waals surface area contributed by atoms with Gasteiger partial charge in [0.15, 0.2) is 11.5 Å². The molecule has 0 aliphatic heterocycles. The van der Waals surface area contributed by atoms with Gasteiger partial charge in [0.1, 0.15) is 24.1 Å². The number of hydrogen-bond donors (Lipinski definition) is 1. The van der Waals surface area contributed by atoms with Crippen LogP contribution in [0.25, 0.3) is 6.08 Å². The average Bonchev–Trinajstić information content (AvgIpc) is 2.79. The molecular weight excluding hydrogens is 490 g/mol. The number of nitriles is 1. The summed E-state index contributed by atoms with van der Waals surface area (Å²) in [4.78, 5) is 12.5. The lowest BCUT2D eigenvalue weighted by molar-refractivity contribution is -0.112. The van der Waals surface area contributed by atoms with E-state index in [1.165, 1.54) is 37.5 Å². The Morgan fingerprint density at radius 1 is 1.09 bits per heavy atom. The lowest BCUT2D eigenvalue weighted by Gasteiger charge is -2.14. The Labute approximate surface area is 204 Å². The van der Waals surface area contributed by atoms with Gasteiger partial charge < -0.3 is 14.8 Å². The van der Waals surface area contributed by atoms with Crippen molar-refractivity contribution in [1.82, 2.24) is 0 Å². The van der Waals surface area contributed by atoms with E-state index in [1.807, 2.05) is 6.07 Å². The molecule has 3 aromatic carbocycles. The molecule has 0 unspecified atom stereocenters. The third-order valence-corrected chi connectivity index (χ3v) is 5.45. The fourth-order valence-electron chi connectivity index (χ4n) is 2.82. The highest BCUT2D eigenvalue weighted by molar-refractivity contribution is 6.42. The summed E-state index contributed by atoms with van der Waals surface area (Å²) in [5.41, 5.74) is 0.975. The van der Waals surface area contributed by atoms with Crippen LogP contribution >= 0.6 is 34.8 Å². The molecule has 5 nitrogen and oxygen atoms in total. The number of carbonyl (C=O) groups is 1. The highest BCUT2D eigenvalue weighted by Crippen LogP contribution is 2.37. The maximum absolute atomic E-state index is 13.9. The lowest BCUT2D eigenvalue weighted by atomic mass is 10.1. The molecule has 3 aromatic rings. The summed E-state index contributed by atoms with van der Waals surface area (Å²) in [6.07, 6.45) is 1.35. The number of nitrogens with one attached hydrogen (secondary N) is 1. The van der Waals surface area contributed by atoms with E-state index in [-0.39, 0.29) is 33.7 Å². The first-order chi connectivity index (χ1) is 15.8. The first kappa shape index (κ1) is 24.4. The fourth-order valence-corrected chi connectivity index (χ4v) is 3.39. The molecule has 33 heavy (non-hydrogen) atoms. The summed E-state index contributed by atoms with van der Waals surface area (Å²) in [6.45, 7) is -0.0621. The number of methoxy groups -OCH3 is 1. The van der Waals surface area contributed by atoms with E-state index in [1.54, 1.807) is 30.3 Å². The van der Waals surface area contributed by atoms with Crippen molar-refractivity contribution in [3.05, 3.63) is 92.2 Å². The first-order valence-corrected chi connectivity index (χ1v) is 10.6. The number of amides is 1. The van der Waals surface area contributed by atoms with E-state index >= 15 is 0 Å². The van der Waals surface area contributed by atoms with E-state index < -0.39 is 11.7 Å². The molecule has 0 spiro atoms. The average molecular weight is 506 g/mol. The molecule has 3 rings (SSSR count). The summed E-state index contributed by atoms with van der Waals surface area (Å²) in [7, 11) is 1.41. The Morgan fingerprint density at radius 2 is 1.85 bits per heavy atom. The lowest BCUT2D eigenvalue weighted by Crippen LogP contribution is -2.13. The third kappa shape index (κ3) is 6.17. The van der Waals surface area contributed by atoms with Gasteiger partial charge in [0.2, 0.25) is 0 Å². The molecule has 168 valence electrons. The maximum Gasteiger partial charge on any atom is 0.266 e. The van der Waals surface area contributed by atoms with Crippen LogP contribution in [0.1, 0.15) is 11.1 Å². The predicted octanol–water partition coefficient (Wildman–Crippen LogP) is 6.92. The van der Waals surface area contributed by atoms with Crippen LogP contribution in [-0.2, 0) is 11.4 Å². The fraction of sp³-hybridized carbons (Fsp3) is 0.0833. The summed E-state index contributed by atoms with van der Waals surface area (Å²) < 4.78 is 24.9. The van der Waals surface area contributed by atoms with E-state index in [0.717, 1.165) is 0 Å². The van der Waals surface area contributed by atoms with E-state index in [4.69, 9.17) is 44.3 Å². The minimum Gasteiger partial charge on any atom is -0.493 e. The first-order valence-electron chi connectivity index (χ1n) is 9.44. The Morgan fingerprint density at radius 3 is 2.52 bits per heavy atom. The molecule has 0 fully saturated rings. The zero-order valence-corrected chi connectivity index (χ0v) is 19.4. The van der Waals surface area contributed by atoms with Gasteiger partial charge in [-0.3, -0.25) is 4.79 Å².